The molecule has 0 aliphatic heterocycles. The maximum atomic E-state index is 12.1. The number of hydrazine groups is 1. The monoisotopic (exact) mass is 313 g/mol. The first-order chi connectivity index (χ1) is 9.43. The number of hydrogen-bond donors (Lipinski definition) is 1. The molecule has 8 heteroatoms. The second-order valence-electron chi connectivity index (χ2n) is 4.07. The topological polar surface area (TPSA) is 77.0 Å². The summed E-state index contributed by atoms with van der Waals surface area (Å²) in [6, 6.07) is 4.87. The van der Waals surface area contributed by atoms with E-state index in [0.717, 1.165) is 0 Å². The molecule has 2 aromatic rings. The molecule has 2 N–H and O–H groups in total. The van der Waals surface area contributed by atoms with Crippen LogP contribution in [0.15, 0.2) is 23.0 Å². The molecule has 0 unspecified atom stereocenters. The minimum Gasteiger partial charge on any atom is -0.279 e. The van der Waals surface area contributed by atoms with Crippen molar-refractivity contribution in [3.05, 3.63) is 44.6 Å². The molecule has 0 atom stereocenters. The van der Waals surface area contributed by atoms with Crippen LogP contribution >= 0.6 is 23.2 Å². The first-order valence-corrected chi connectivity index (χ1v) is 6.65. The van der Waals surface area contributed by atoms with Gasteiger partial charge in [-0.25, -0.2) is 15.2 Å². The highest BCUT2D eigenvalue weighted by molar-refractivity contribution is 6.42. The fourth-order valence-corrected chi connectivity index (χ4v) is 1.98. The van der Waals surface area contributed by atoms with Gasteiger partial charge in [0, 0.05) is 6.54 Å². The van der Waals surface area contributed by atoms with Crippen molar-refractivity contribution >= 4 is 29.2 Å². The van der Waals surface area contributed by atoms with Gasteiger partial charge in [0.25, 0.3) is 0 Å². The zero-order chi connectivity index (χ0) is 14.9. The highest BCUT2D eigenvalue weighted by Gasteiger charge is 2.12. The quantitative estimate of drug-likeness (QED) is 0.692. The van der Waals surface area contributed by atoms with Crippen LogP contribution in [-0.4, -0.2) is 21.1 Å². The number of rotatable bonds is 3. The van der Waals surface area contributed by atoms with E-state index in [4.69, 9.17) is 29.0 Å². The van der Waals surface area contributed by atoms with E-state index in [2.05, 4.69) is 9.97 Å². The Hall–Kier alpha value is -1.63. The lowest BCUT2D eigenvalue weighted by atomic mass is 10.3. The molecule has 0 fully saturated rings. The lowest BCUT2D eigenvalue weighted by Gasteiger charge is -2.16. The molecule has 106 valence electrons. The zero-order valence-corrected chi connectivity index (χ0v) is 12.5. The summed E-state index contributed by atoms with van der Waals surface area (Å²) in [5.74, 6) is 6.33. The van der Waals surface area contributed by atoms with Crippen molar-refractivity contribution in [3.63, 3.8) is 0 Å². The van der Waals surface area contributed by atoms with Crippen LogP contribution in [0.1, 0.15) is 12.7 Å². The van der Waals surface area contributed by atoms with Crippen molar-refractivity contribution in [1.29, 1.82) is 0 Å². The average Bonchev–Trinajstić information content (AvgIpc) is 2.41. The van der Waals surface area contributed by atoms with Crippen molar-refractivity contribution in [2.24, 2.45) is 5.84 Å². The van der Waals surface area contributed by atoms with Gasteiger partial charge in [0.05, 0.1) is 15.7 Å². The summed E-state index contributed by atoms with van der Waals surface area (Å²) >= 11 is 11.8. The van der Waals surface area contributed by atoms with E-state index in [1.165, 1.54) is 9.58 Å². The average molecular weight is 314 g/mol. The Balaban J connectivity index is 2.58. The summed E-state index contributed by atoms with van der Waals surface area (Å²) in [7, 11) is 0. The summed E-state index contributed by atoms with van der Waals surface area (Å²) < 4.78 is 1.34. The Bertz CT molecular complexity index is 701. The predicted octanol–water partition coefficient (Wildman–Crippen LogP) is 1.94. The second-order valence-corrected chi connectivity index (χ2v) is 4.89. The third kappa shape index (κ3) is 2.77. The number of hydrogen-bond acceptors (Lipinski definition) is 5. The Labute approximate surface area is 125 Å². The van der Waals surface area contributed by atoms with Crippen LogP contribution in [0.25, 0.3) is 5.69 Å². The van der Waals surface area contributed by atoms with Crippen molar-refractivity contribution in [2.45, 2.75) is 13.8 Å². The number of nitrogens with zero attached hydrogens (tertiary/aromatic N) is 4. The molecule has 6 nitrogen and oxygen atoms in total. The SMILES string of the molecule is CCN(N)c1nc(C)n(-c2ccc(Cl)c(Cl)c2)c(=O)n1. The maximum Gasteiger partial charge on any atom is 0.356 e. The molecular weight excluding hydrogens is 301 g/mol. The molecule has 0 spiro atoms. The van der Waals surface area contributed by atoms with Crippen molar-refractivity contribution in [2.75, 3.05) is 11.6 Å². The molecule has 0 radical (unpaired) electrons. The normalized spacial score (nSPS) is 10.7. The summed E-state index contributed by atoms with van der Waals surface area (Å²) in [6.07, 6.45) is 0. The van der Waals surface area contributed by atoms with Crippen molar-refractivity contribution in [3.8, 4) is 5.69 Å². The number of aromatic nitrogens is 3. The van der Waals surface area contributed by atoms with E-state index in [-0.39, 0.29) is 5.95 Å². The van der Waals surface area contributed by atoms with E-state index in [9.17, 15) is 4.79 Å². The smallest absolute Gasteiger partial charge is 0.279 e. The fourth-order valence-electron chi connectivity index (χ4n) is 1.68. The molecule has 0 aliphatic rings. The van der Waals surface area contributed by atoms with Gasteiger partial charge in [-0.1, -0.05) is 23.2 Å². The van der Waals surface area contributed by atoms with E-state index in [0.29, 0.717) is 28.1 Å². The number of halogens is 2. The summed E-state index contributed by atoms with van der Waals surface area (Å²) in [5, 5.41) is 2.07. The minimum absolute atomic E-state index is 0.186. The summed E-state index contributed by atoms with van der Waals surface area (Å²) in [6.45, 7) is 4.03. The number of aryl methyl sites for hydroxylation is 1. The van der Waals surface area contributed by atoms with Crippen LogP contribution in [0.3, 0.4) is 0 Å². The number of anilines is 1. The molecule has 0 bridgehead atoms. The molecule has 0 amide bonds. The maximum absolute atomic E-state index is 12.1. The van der Waals surface area contributed by atoms with E-state index >= 15 is 0 Å². The van der Waals surface area contributed by atoms with Gasteiger partial charge >= 0.3 is 5.69 Å². The van der Waals surface area contributed by atoms with E-state index in [1.807, 2.05) is 6.92 Å². The van der Waals surface area contributed by atoms with Crippen LogP contribution in [0.4, 0.5) is 5.95 Å². The highest BCUT2D eigenvalue weighted by atomic mass is 35.5. The molecular formula is C12H13Cl2N5O. The van der Waals surface area contributed by atoms with Crippen molar-refractivity contribution in [1.82, 2.24) is 14.5 Å². The lowest BCUT2D eigenvalue weighted by molar-refractivity contribution is 0.757. The first kappa shape index (κ1) is 14.8. The standard InChI is InChI=1S/C12H13Cl2N5O/c1-3-18(15)11-16-7(2)19(12(20)17-11)8-4-5-9(13)10(14)6-8/h4-6H,3,15H2,1-2H3. The second kappa shape index (κ2) is 5.78. The Morgan fingerprint density at radius 1 is 1.30 bits per heavy atom. The van der Waals surface area contributed by atoms with E-state index in [1.54, 1.807) is 25.1 Å². The van der Waals surface area contributed by atoms with Gasteiger partial charge in [-0.15, -0.1) is 0 Å². The summed E-state index contributed by atoms with van der Waals surface area (Å²) in [4.78, 5) is 20.2. The minimum atomic E-state index is -0.477. The van der Waals surface area contributed by atoms with Gasteiger partial charge in [0.1, 0.15) is 5.82 Å². The van der Waals surface area contributed by atoms with Crippen LogP contribution < -0.4 is 16.5 Å². The third-order valence-electron chi connectivity index (χ3n) is 2.73. The molecule has 2 rings (SSSR count). The van der Waals surface area contributed by atoms with Gasteiger partial charge < -0.3 is 0 Å². The molecule has 1 aromatic carbocycles. The Morgan fingerprint density at radius 3 is 2.55 bits per heavy atom. The lowest BCUT2D eigenvalue weighted by Crippen LogP contribution is -2.36. The van der Waals surface area contributed by atoms with Crippen LogP contribution in [-0.2, 0) is 0 Å². The predicted molar refractivity (Wildman–Crippen MR) is 79.6 cm³/mol. The van der Waals surface area contributed by atoms with Crippen LogP contribution in [0, 0.1) is 6.92 Å². The molecule has 20 heavy (non-hydrogen) atoms. The van der Waals surface area contributed by atoms with Gasteiger partial charge in [-0.3, -0.25) is 5.01 Å². The Morgan fingerprint density at radius 2 is 2.00 bits per heavy atom. The number of nitrogens with two attached hydrogens (primary N) is 1. The third-order valence-corrected chi connectivity index (χ3v) is 3.47. The van der Waals surface area contributed by atoms with Crippen LogP contribution in [0.2, 0.25) is 10.0 Å². The summed E-state index contributed by atoms with van der Waals surface area (Å²) in [5.41, 5.74) is 0.0725. The zero-order valence-electron chi connectivity index (χ0n) is 11.0. The van der Waals surface area contributed by atoms with Gasteiger partial charge in [0.2, 0.25) is 5.95 Å². The number of benzene rings is 1. The van der Waals surface area contributed by atoms with Gasteiger partial charge in [-0.05, 0) is 32.0 Å². The molecule has 0 aliphatic carbocycles. The molecule has 0 saturated heterocycles. The Kier molecular flexibility index (Phi) is 4.27. The molecule has 0 saturated carbocycles. The fraction of sp³-hybridized carbons (Fsp3) is 0.250. The highest BCUT2D eigenvalue weighted by Crippen LogP contribution is 2.24. The van der Waals surface area contributed by atoms with E-state index < -0.39 is 5.69 Å². The van der Waals surface area contributed by atoms with Gasteiger partial charge in [-0.2, -0.15) is 9.97 Å². The largest absolute Gasteiger partial charge is 0.356 e. The van der Waals surface area contributed by atoms with Crippen LogP contribution in [0.5, 0.6) is 0 Å². The molecule has 1 heterocycles. The van der Waals surface area contributed by atoms with Gasteiger partial charge in [0.15, 0.2) is 0 Å². The molecule has 1 aromatic heterocycles. The van der Waals surface area contributed by atoms with Crippen molar-refractivity contribution < 1.29 is 0 Å². The first-order valence-electron chi connectivity index (χ1n) is 5.89.